The number of hydrogen-bond donors (Lipinski definition) is 0. The number of fused-ring (bicyclic) bond motifs is 1. The Balaban J connectivity index is 1.70. The molecule has 24 heavy (non-hydrogen) atoms. The number of rotatable bonds is 3. The minimum Gasteiger partial charge on any atom is -0.293 e. The van der Waals surface area contributed by atoms with E-state index in [1.165, 1.54) is 18.4 Å². The highest BCUT2D eigenvalue weighted by Gasteiger charge is 2.36. The lowest BCUT2D eigenvalue weighted by atomic mass is 9.85. The fourth-order valence-corrected chi connectivity index (χ4v) is 4.16. The first-order chi connectivity index (χ1) is 11.8. The zero-order valence-electron chi connectivity index (χ0n) is 13.9. The molecule has 0 aliphatic heterocycles. The quantitative estimate of drug-likeness (QED) is 0.862. The van der Waals surface area contributed by atoms with Gasteiger partial charge in [0.2, 0.25) is 5.91 Å². The highest BCUT2D eigenvalue weighted by atomic mass is 16.2. The average molecular weight is 321 g/mol. The van der Waals surface area contributed by atoms with Crippen molar-refractivity contribution >= 4 is 11.7 Å². The van der Waals surface area contributed by atoms with Crippen LogP contribution in [0.1, 0.15) is 55.7 Å². The maximum atomic E-state index is 13.5. The number of amides is 1. The largest absolute Gasteiger partial charge is 0.293 e. The predicted molar refractivity (Wildman–Crippen MR) is 93.9 cm³/mol. The molecule has 2 aliphatic rings. The normalized spacial score (nSPS) is 20.6. The van der Waals surface area contributed by atoms with Crippen molar-refractivity contribution in [2.45, 2.75) is 56.9 Å². The summed E-state index contributed by atoms with van der Waals surface area (Å²) >= 11 is 0. The maximum absolute atomic E-state index is 13.5. The van der Waals surface area contributed by atoms with Crippen LogP contribution in [-0.4, -0.2) is 21.9 Å². The second-order valence-electron chi connectivity index (χ2n) is 6.83. The van der Waals surface area contributed by atoms with Crippen molar-refractivity contribution in [3.8, 4) is 0 Å². The van der Waals surface area contributed by atoms with Crippen LogP contribution in [0.4, 0.5) is 5.82 Å². The van der Waals surface area contributed by atoms with E-state index in [4.69, 9.17) is 0 Å². The first kappa shape index (κ1) is 15.3. The van der Waals surface area contributed by atoms with E-state index in [9.17, 15) is 4.79 Å². The van der Waals surface area contributed by atoms with Crippen molar-refractivity contribution in [3.63, 3.8) is 0 Å². The molecule has 2 aromatic heterocycles. The molecule has 0 bridgehead atoms. The molecule has 1 saturated carbocycles. The molecular weight excluding hydrogens is 298 g/mol. The summed E-state index contributed by atoms with van der Waals surface area (Å²) in [6.45, 7) is 0. The molecule has 0 radical (unpaired) electrons. The Labute approximate surface area is 142 Å². The van der Waals surface area contributed by atoms with Gasteiger partial charge in [0.25, 0.3) is 0 Å². The van der Waals surface area contributed by atoms with Crippen LogP contribution in [0.5, 0.6) is 0 Å². The minimum atomic E-state index is -0.127. The van der Waals surface area contributed by atoms with E-state index in [-0.39, 0.29) is 17.9 Å². The first-order valence-electron chi connectivity index (χ1n) is 9.02. The van der Waals surface area contributed by atoms with E-state index in [1.54, 1.807) is 6.20 Å². The van der Waals surface area contributed by atoms with Gasteiger partial charge in [0.05, 0.1) is 11.6 Å². The molecule has 4 nitrogen and oxygen atoms in total. The molecule has 2 heterocycles. The topological polar surface area (TPSA) is 46.1 Å². The van der Waals surface area contributed by atoms with Gasteiger partial charge in [-0.25, -0.2) is 4.98 Å². The summed E-state index contributed by atoms with van der Waals surface area (Å²) < 4.78 is 0. The molecule has 2 aliphatic carbocycles. The van der Waals surface area contributed by atoms with Crippen molar-refractivity contribution < 1.29 is 4.79 Å². The molecule has 4 rings (SSSR count). The zero-order valence-corrected chi connectivity index (χ0v) is 13.9. The van der Waals surface area contributed by atoms with Gasteiger partial charge in [-0.3, -0.25) is 14.7 Å². The molecule has 0 saturated heterocycles. The number of carbonyl (C=O) groups excluding carboxylic acids is 1. The van der Waals surface area contributed by atoms with E-state index in [0.717, 1.165) is 43.6 Å². The second kappa shape index (κ2) is 6.71. The van der Waals surface area contributed by atoms with E-state index >= 15 is 0 Å². The van der Waals surface area contributed by atoms with Gasteiger partial charge >= 0.3 is 0 Å². The molecule has 124 valence electrons. The van der Waals surface area contributed by atoms with Gasteiger partial charge in [-0.1, -0.05) is 25.0 Å². The van der Waals surface area contributed by atoms with Crippen LogP contribution in [0.3, 0.4) is 0 Å². The van der Waals surface area contributed by atoms with E-state index < -0.39 is 0 Å². The first-order valence-corrected chi connectivity index (χ1v) is 9.02. The van der Waals surface area contributed by atoms with Crippen LogP contribution in [-0.2, 0) is 11.2 Å². The van der Waals surface area contributed by atoms with Crippen molar-refractivity contribution in [2.75, 3.05) is 4.90 Å². The fraction of sp³-hybridized carbons (Fsp3) is 0.450. The molecule has 0 aromatic carbocycles. The Kier molecular flexibility index (Phi) is 4.28. The summed E-state index contributed by atoms with van der Waals surface area (Å²) in [6, 6.07) is 10.2. The Hall–Kier alpha value is -2.23. The molecule has 1 atom stereocenters. The number of aryl methyl sites for hydroxylation is 1. The average Bonchev–Trinajstić information content (AvgIpc) is 3.16. The molecule has 1 amide bonds. The Morgan fingerprint density at radius 3 is 2.58 bits per heavy atom. The lowest BCUT2D eigenvalue weighted by molar-refractivity contribution is -0.121. The summed E-state index contributed by atoms with van der Waals surface area (Å²) in [5.74, 6) is 0.843. The summed E-state index contributed by atoms with van der Waals surface area (Å²) in [5.41, 5.74) is 2.21. The minimum absolute atomic E-state index is 0.127. The number of hydrogen-bond acceptors (Lipinski definition) is 3. The van der Waals surface area contributed by atoms with Gasteiger partial charge in [0.1, 0.15) is 5.82 Å². The predicted octanol–water partition coefficient (Wildman–Crippen LogP) is 3.87. The van der Waals surface area contributed by atoms with Crippen LogP contribution >= 0.6 is 0 Å². The third kappa shape index (κ3) is 2.81. The van der Waals surface area contributed by atoms with Crippen LogP contribution in [0.15, 0.2) is 42.7 Å². The van der Waals surface area contributed by atoms with Crippen molar-refractivity contribution in [2.24, 2.45) is 0 Å². The van der Waals surface area contributed by atoms with Crippen LogP contribution in [0.25, 0.3) is 0 Å². The number of pyridine rings is 2. The number of nitrogens with zero attached hydrogens (tertiary/aromatic N) is 3. The third-order valence-electron chi connectivity index (χ3n) is 5.32. The van der Waals surface area contributed by atoms with E-state index in [2.05, 4.69) is 16.0 Å². The van der Waals surface area contributed by atoms with Gasteiger partial charge in [-0.15, -0.1) is 0 Å². The van der Waals surface area contributed by atoms with Gasteiger partial charge in [-0.2, -0.15) is 0 Å². The lowest BCUT2D eigenvalue weighted by Crippen LogP contribution is -2.43. The number of carbonyl (C=O) groups is 1. The molecule has 1 unspecified atom stereocenters. The van der Waals surface area contributed by atoms with Crippen LogP contribution < -0.4 is 4.90 Å². The smallest absolute Gasteiger partial charge is 0.237 e. The SMILES string of the molecule is O=C(C1CCCc2cccnc21)N(c1ccccn1)C1CCCC1. The van der Waals surface area contributed by atoms with Gasteiger partial charge in [0, 0.05) is 18.4 Å². The lowest BCUT2D eigenvalue weighted by Gasteiger charge is -2.33. The molecule has 2 aromatic rings. The van der Waals surface area contributed by atoms with Gasteiger partial charge in [0.15, 0.2) is 0 Å². The number of aromatic nitrogens is 2. The second-order valence-corrected chi connectivity index (χ2v) is 6.83. The maximum Gasteiger partial charge on any atom is 0.237 e. The Bertz CT molecular complexity index is 710. The third-order valence-corrected chi connectivity index (χ3v) is 5.32. The summed E-state index contributed by atoms with van der Waals surface area (Å²) in [5, 5.41) is 0. The van der Waals surface area contributed by atoms with Crippen molar-refractivity contribution in [1.29, 1.82) is 0 Å². The molecule has 0 spiro atoms. The highest BCUT2D eigenvalue weighted by molar-refractivity contribution is 5.98. The van der Waals surface area contributed by atoms with Gasteiger partial charge in [-0.05, 0) is 55.9 Å². The highest BCUT2D eigenvalue weighted by Crippen LogP contribution is 2.35. The van der Waals surface area contributed by atoms with Crippen LogP contribution in [0.2, 0.25) is 0 Å². The van der Waals surface area contributed by atoms with E-state index in [1.807, 2.05) is 35.4 Å². The monoisotopic (exact) mass is 321 g/mol. The molecular formula is C20H23N3O. The van der Waals surface area contributed by atoms with Crippen molar-refractivity contribution in [1.82, 2.24) is 9.97 Å². The zero-order chi connectivity index (χ0) is 16.4. The molecule has 1 fully saturated rings. The summed E-state index contributed by atoms with van der Waals surface area (Å²) in [4.78, 5) is 24.5. The Morgan fingerprint density at radius 2 is 1.79 bits per heavy atom. The summed E-state index contributed by atoms with van der Waals surface area (Å²) in [6.07, 6.45) is 11.1. The van der Waals surface area contributed by atoms with Crippen molar-refractivity contribution in [3.05, 3.63) is 54.0 Å². The molecule has 0 N–H and O–H groups in total. The van der Waals surface area contributed by atoms with Crippen LogP contribution in [0, 0.1) is 0 Å². The summed E-state index contributed by atoms with van der Waals surface area (Å²) in [7, 11) is 0. The number of anilines is 1. The molecule has 4 heteroatoms. The fourth-order valence-electron chi connectivity index (χ4n) is 4.16. The van der Waals surface area contributed by atoms with E-state index in [0.29, 0.717) is 0 Å². The van der Waals surface area contributed by atoms with Gasteiger partial charge < -0.3 is 0 Å². The Morgan fingerprint density at radius 1 is 0.958 bits per heavy atom. The standard InChI is InChI=1S/C20H23N3O/c24-20(17-11-5-7-15-8-6-14-22-19(15)17)23(16-9-1-2-10-16)18-12-3-4-13-21-18/h3-4,6,8,12-14,16-17H,1-2,5,7,9-11H2.